The second-order valence-corrected chi connectivity index (χ2v) is 26.2. The Morgan fingerprint density at radius 2 is 0.593 bits per heavy atom. The standard InChI is InChI=1S/C73H126O16P2/c1-4-7-10-13-16-19-22-24-26-28-30-31-32-33-34-35-37-39-40-42-45-47-50-53-56-59-71(76)83-62-68(74)63-85-90(79,80)86-64-69(75)65-87-91(81,82)88-67-70(89-73(78)61-58-55-52-49-44-21-18-15-12-9-6-3)66-84-72(77)60-57-54-51-48-46-43-41-38-36-29-27-25-23-20-17-14-11-8-5-2/h7,10,15-20,24-27,30-31,33-34,36,38,68-70,74-75H,4-6,8-9,11-14,21-23,28-29,32,35,37,39-67H2,1-3H3,(H,79,80)(H,81,82)/b10-7-,18-15-,19-16-,20-17-,26-24-,27-25-,31-30-,34-33-,38-36-. The Balaban J connectivity index is 4.53. The molecule has 18 heteroatoms. The summed E-state index contributed by atoms with van der Waals surface area (Å²) in [7, 11) is -9.78. The van der Waals surface area contributed by atoms with Crippen molar-refractivity contribution in [1.29, 1.82) is 0 Å². The molecule has 0 aliphatic heterocycles. The first-order valence-corrected chi connectivity index (χ1v) is 38.2. The highest BCUT2D eigenvalue weighted by molar-refractivity contribution is 7.47. The normalized spacial score (nSPS) is 14.8. The van der Waals surface area contributed by atoms with E-state index in [1.165, 1.54) is 57.8 Å². The summed E-state index contributed by atoms with van der Waals surface area (Å²) in [6, 6.07) is 0. The van der Waals surface area contributed by atoms with E-state index in [0.29, 0.717) is 19.3 Å². The highest BCUT2D eigenvalue weighted by Crippen LogP contribution is 2.45. The lowest BCUT2D eigenvalue weighted by Crippen LogP contribution is -2.30. The fourth-order valence-electron chi connectivity index (χ4n) is 9.05. The highest BCUT2D eigenvalue weighted by atomic mass is 31.2. The van der Waals surface area contributed by atoms with Gasteiger partial charge in [0.05, 0.1) is 26.4 Å². The number of carbonyl (C=O) groups is 3. The number of phosphoric ester groups is 2. The molecule has 4 N–H and O–H groups in total. The van der Waals surface area contributed by atoms with Crippen molar-refractivity contribution in [1.82, 2.24) is 0 Å². The minimum absolute atomic E-state index is 0.0900. The summed E-state index contributed by atoms with van der Waals surface area (Å²) in [5.41, 5.74) is 0. The van der Waals surface area contributed by atoms with E-state index in [4.69, 9.17) is 32.3 Å². The molecule has 5 unspecified atom stereocenters. The summed E-state index contributed by atoms with van der Waals surface area (Å²) >= 11 is 0. The van der Waals surface area contributed by atoms with Gasteiger partial charge in [0.1, 0.15) is 25.4 Å². The van der Waals surface area contributed by atoms with Crippen molar-refractivity contribution in [2.45, 2.75) is 296 Å². The number of esters is 3. The number of ether oxygens (including phenoxy) is 3. The first-order valence-electron chi connectivity index (χ1n) is 35.2. The van der Waals surface area contributed by atoms with Crippen LogP contribution in [0.2, 0.25) is 0 Å². The lowest BCUT2D eigenvalue weighted by molar-refractivity contribution is -0.161. The van der Waals surface area contributed by atoms with Crippen LogP contribution < -0.4 is 0 Å². The largest absolute Gasteiger partial charge is 0.472 e. The van der Waals surface area contributed by atoms with Crippen molar-refractivity contribution in [2.24, 2.45) is 0 Å². The van der Waals surface area contributed by atoms with Crippen molar-refractivity contribution < 1.29 is 75.8 Å². The maximum Gasteiger partial charge on any atom is 0.472 e. The number of rotatable bonds is 66. The van der Waals surface area contributed by atoms with Crippen LogP contribution in [0, 0.1) is 0 Å². The fourth-order valence-corrected chi connectivity index (χ4v) is 10.6. The lowest BCUT2D eigenvalue weighted by atomic mass is 10.1. The van der Waals surface area contributed by atoms with Crippen LogP contribution in [-0.4, -0.2) is 95.9 Å². The van der Waals surface area contributed by atoms with E-state index in [2.05, 4.69) is 130 Å². The molecule has 0 aromatic rings. The van der Waals surface area contributed by atoms with Gasteiger partial charge in [-0.25, -0.2) is 9.13 Å². The topological polar surface area (TPSA) is 231 Å². The Bertz CT molecular complexity index is 2100. The van der Waals surface area contributed by atoms with Crippen molar-refractivity contribution in [3.8, 4) is 0 Å². The number of aliphatic hydroxyl groups is 2. The van der Waals surface area contributed by atoms with Crippen LogP contribution in [0.5, 0.6) is 0 Å². The molecule has 16 nitrogen and oxygen atoms in total. The van der Waals surface area contributed by atoms with Crippen molar-refractivity contribution in [3.63, 3.8) is 0 Å². The van der Waals surface area contributed by atoms with Gasteiger partial charge in [0, 0.05) is 19.3 Å². The van der Waals surface area contributed by atoms with Crippen molar-refractivity contribution in [3.05, 3.63) is 109 Å². The van der Waals surface area contributed by atoms with Gasteiger partial charge in [-0.15, -0.1) is 0 Å². The maximum absolute atomic E-state index is 12.9. The number of carbonyl (C=O) groups excluding carboxylic acids is 3. The van der Waals surface area contributed by atoms with Gasteiger partial charge in [0.25, 0.3) is 0 Å². The number of unbranched alkanes of at least 4 members (excludes halogenated alkanes) is 25. The van der Waals surface area contributed by atoms with E-state index in [1.807, 2.05) is 0 Å². The molecular weight excluding hydrogens is 1190 g/mol. The smallest absolute Gasteiger partial charge is 0.463 e. The van der Waals surface area contributed by atoms with Gasteiger partial charge < -0.3 is 34.2 Å². The molecule has 0 amide bonds. The maximum atomic E-state index is 12.9. The third kappa shape index (κ3) is 67.4. The Morgan fingerprint density at radius 3 is 0.967 bits per heavy atom. The van der Waals surface area contributed by atoms with Crippen molar-refractivity contribution >= 4 is 33.6 Å². The van der Waals surface area contributed by atoms with Crippen LogP contribution in [0.3, 0.4) is 0 Å². The summed E-state index contributed by atoms with van der Waals surface area (Å²) in [4.78, 5) is 58.3. The molecule has 0 fully saturated rings. The zero-order valence-electron chi connectivity index (χ0n) is 56.7. The average molecular weight is 1320 g/mol. The number of allylic oxidation sites excluding steroid dienone is 18. The molecule has 0 saturated heterocycles. The van der Waals surface area contributed by atoms with Gasteiger partial charge in [-0.05, 0) is 122 Å². The van der Waals surface area contributed by atoms with Crippen LogP contribution in [0.1, 0.15) is 278 Å². The quantitative estimate of drug-likeness (QED) is 0.0146. The summed E-state index contributed by atoms with van der Waals surface area (Å²) in [6.45, 7) is 2.45. The Morgan fingerprint density at radius 1 is 0.319 bits per heavy atom. The number of phosphoric acid groups is 2. The minimum atomic E-state index is -4.93. The molecule has 0 heterocycles. The fraction of sp³-hybridized carbons (Fsp3) is 0.712. The zero-order valence-corrected chi connectivity index (χ0v) is 58.5. The molecular formula is C73H126O16P2. The molecule has 0 aliphatic carbocycles. The Labute approximate surface area is 551 Å². The molecule has 0 aromatic carbocycles. The van der Waals surface area contributed by atoms with Crippen LogP contribution in [0.25, 0.3) is 0 Å². The first-order chi connectivity index (χ1) is 44.2. The monoisotopic (exact) mass is 1320 g/mol. The van der Waals surface area contributed by atoms with E-state index in [1.54, 1.807) is 0 Å². The average Bonchev–Trinajstić information content (AvgIpc) is 3.54. The number of aliphatic hydroxyl groups excluding tert-OH is 2. The predicted molar refractivity (Wildman–Crippen MR) is 371 cm³/mol. The summed E-state index contributed by atoms with van der Waals surface area (Å²) in [5, 5.41) is 20.6. The highest BCUT2D eigenvalue weighted by Gasteiger charge is 2.29. The van der Waals surface area contributed by atoms with E-state index in [0.717, 1.165) is 161 Å². The number of hydrogen-bond acceptors (Lipinski definition) is 14. The van der Waals surface area contributed by atoms with Gasteiger partial charge in [0.15, 0.2) is 6.10 Å². The summed E-state index contributed by atoms with van der Waals surface area (Å²) in [6.07, 6.45) is 74.3. The third-order valence-corrected chi connectivity index (χ3v) is 16.4. The predicted octanol–water partition coefficient (Wildman–Crippen LogP) is 19.6. The molecule has 0 rings (SSSR count). The molecule has 524 valence electrons. The molecule has 0 saturated carbocycles. The summed E-state index contributed by atoms with van der Waals surface area (Å²) in [5.74, 6) is -1.61. The van der Waals surface area contributed by atoms with E-state index < -0.39 is 91.5 Å². The van der Waals surface area contributed by atoms with Crippen LogP contribution >= 0.6 is 15.6 Å². The third-order valence-electron chi connectivity index (χ3n) is 14.5. The molecule has 5 atom stereocenters. The molecule has 0 spiro atoms. The van der Waals surface area contributed by atoms with E-state index >= 15 is 0 Å². The molecule has 0 radical (unpaired) electrons. The van der Waals surface area contributed by atoms with Crippen LogP contribution in [-0.2, 0) is 55.8 Å². The molecule has 0 aliphatic rings. The molecule has 0 aromatic heterocycles. The Kier molecular flexibility index (Phi) is 63.5. The first kappa shape index (κ1) is 87.2. The van der Waals surface area contributed by atoms with E-state index in [-0.39, 0.29) is 19.3 Å². The SMILES string of the molecule is CC/C=C\C/C=C\C/C=C\C/C=C\C/C=C\CCCCCCCCCCCC(=O)OCC(O)COP(=O)(O)OCC(O)COP(=O)(O)OCC(COC(=O)CCCCCCCC/C=C\C/C=C\C/C=C\CCCCC)OC(=O)CCCCCCC/C=C\CCCC. The second-order valence-electron chi connectivity index (χ2n) is 23.3. The molecule has 0 bridgehead atoms. The van der Waals surface area contributed by atoms with Gasteiger partial charge in [0.2, 0.25) is 0 Å². The molecule has 91 heavy (non-hydrogen) atoms. The lowest BCUT2D eigenvalue weighted by Gasteiger charge is -2.21. The van der Waals surface area contributed by atoms with Gasteiger partial charge in [-0.2, -0.15) is 0 Å². The van der Waals surface area contributed by atoms with Crippen LogP contribution in [0.15, 0.2) is 109 Å². The second kappa shape index (κ2) is 66.2. The van der Waals surface area contributed by atoms with Crippen molar-refractivity contribution in [2.75, 3.05) is 39.6 Å². The summed E-state index contributed by atoms with van der Waals surface area (Å²) < 4.78 is 60.8. The Hall–Kier alpha value is -3.79. The van der Waals surface area contributed by atoms with E-state index in [9.17, 15) is 43.5 Å². The van der Waals surface area contributed by atoms with Gasteiger partial charge >= 0.3 is 33.6 Å². The van der Waals surface area contributed by atoms with Gasteiger partial charge in [-0.3, -0.25) is 32.5 Å². The van der Waals surface area contributed by atoms with Crippen LogP contribution in [0.4, 0.5) is 0 Å². The minimum Gasteiger partial charge on any atom is -0.463 e. The zero-order chi connectivity index (χ0) is 66.7. The van der Waals surface area contributed by atoms with Gasteiger partial charge in [-0.1, -0.05) is 246 Å². The number of hydrogen-bond donors (Lipinski definition) is 4.